The zero-order valence-electron chi connectivity index (χ0n) is 8.40. The van der Waals surface area contributed by atoms with E-state index in [1.165, 1.54) is 0 Å². The lowest BCUT2D eigenvalue weighted by molar-refractivity contribution is 0.525. The lowest BCUT2D eigenvalue weighted by Gasteiger charge is -2.16. The SMILES string of the molecule is [B]N1C(C)C(C)=C(C(C)C)S1(=O)=O. The Kier molecular flexibility index (Phi) is 2.60. The van der Waals surface area contributed by atoms with Crippen LogP contribution in [0.5, 0.6) is 0 Å². The van der Waals surface area contributed by atoms with Crippen molar-refractivity contribution in [2.24, 2.45) is 5.92 Å². The minimum atomic E-state index is -3.37. The summed E-state index contributed by atoms with van der Waals surface area (Å²) in [4.78, 5) is 0.475. The molecule has 0 saturated heterocycles. The molecule has 0 spiro atoms. The van der Waals surface area contributed by atoms with Gasteiger partial charge in [-0.15, -0.1) is 0 Å². The van der Waals surface area contributed by atoms with E-state index in [-0.39, 0.29) is 12.0 Å². The number of sulfonamides is 1. The van der Waals surface area contributed by atoms with Gasteiger partial charge >= 0.3 is 0 Å². The van der Waals surface area contributed by atoms with Gasteiger partial charge in [0.15, 0.2) is 0 Å². The van der Waals surface area contributed by atoms with Crippen molar-refractivity contribution in [3.8, 4) is 0 Å². The molecule has 0 bridgehead atoms. The van der Waals surface area contributed by atoms with Crippen LogP contribution in [0.25, 0.3) is 0 Å². The summed E-state index contributed by atoms with van der Waals surface area (Å²) in [6.45, 7) is 7.34. The van der Waals surface area contributed by atoms with Crippen LogP contribution in [0.1, 0.15) is 27.7 Å². The van der Waals surface area contributed by atoms with Gasteiger partial charge < -0.3 is 0 Å². The molecule has 1 heterocycles. The van der Waals surface area contributed by atoms with E-state index >= 15 is 0 Å². The van der Waals surface area contributed by atoms with Gasteiger partial charge in [-0.25, -0.2) is 12.6 Å². The summed E-state index contributed by atoms with van der Waals surface area (Å²) in [5.41, 5.74) is 0.859. The van der Waals surface area contributed by atoms with Gasteiger partial charge in [0.25, 0.3) is 0 Å². The molecule has 0 N–H and O–H groups in total. The summed E-state index contributed by atoms with van der Waals surface area (Å²) in [7, 11) is 2.11. The standard InChI is InChI=1S/C8H14BNO2S/c1-5(2)8-6(3)7(4)10(9)13(8,11)12/h5,7H,1-4H3. The fourth-order valence-electron chi connectivity index (χ4n) is 1.68. The zero-order chi connectivity index (χ0) is 10.4. The normalized spacial score (nSPS) is 28.8. The summed E-state index contributed by atoms with van der Waals surface area (Å²) in [5, 5.41) is 0. The van der Waals surface area contributed by atoms with Crippen LogP contribution in [0.2, 0.25) is 0 Å². The second-order valence-electron chi connectivity index (χ2n) is 3.71. The molecule has 0 aromatic heterocycles. The molecule has 0 saturated carbocycles. The van der Waals surface area contributed by atoms with Crippen LogP contribution in [0, 0.1) is 5.92 Å². The predicted octanol–water partition coefficient (Wildman–Crippen LogP) is 1.03. The molecule has 2 radical (unpaired) electrons. The first-order valence-electron chi connectivity index (χ1n) is 4.30. The summed E-state index contributed by atoms with van der Waals surface area (Å²) in [6.07, 6.45) is 0. The van der Waals surface area contributed by atoms with Crippen molar-refractivity contribution in [2.45, 2.75) is 33.7 Å². The third-order valence-corrected chi connectivity index (χ3v) is 4.70. The molecule has 3 nitrogen and oxygen atoms in total. The molecular formula is C8H14BNO2S. The summed E-state index contributed by atoms with van der Waals surface area (Å²) >= 11 is 0. The number of allylic oxidation sites excluding steroid dienone is 1. The Morgan fingerprint density at radius 2 is 1.92 bits per heavy atom. The van der Waals surface area contributed by atoms with Gasteiger partial charge in [0.1, 0.15) is 0 Å². The maximum Gasteiger partial charge on any atom is 0.228 e. The summed E-state index contributed by atoms with van der Waals surface area (Å²) in [5.74, 6) is 0.000926. The molecule has 1 unspecified atom stereocenters. The van der Waals surface area contributed by atoms with Gasteiger partial charge in [-0.1, -0.05) is 13.8 Å². The molecule has 0 fully saturated rings. The lowest BCUT2D eigenvalue weighted by atomic mass is 10.0. The second kappa shape index (κ2) is 3.13. The molecule has 0 amide bonds. The number of rotatable bonds is 1. The van der Waals surface area contributed by atoms with E-state index in [0.717, 1.165) is 9.79 Å². The first kappa shape index (κ1) is 10.8. The molecule has 5 heteroatoms. The van der Waals surface area contributed by atoms with E-state index in [2.05, 4.69) is 0 Å². The van der Waals surface area contributed by atoms with Gasteiger partial charge in [0.2, 0.25) is 18.0 Å². The van der Waals surface area contributed by atoms with Crippen LogP contribution in [0.15, 0.2) is 10.5 Å². The third-order valence-electron chi connectivity index (χ3n) is 2.48. The van der Waals surface area contributed by atoms with Crippen molar-refractivity contribution in [3.63, 3.8) is 0 Å². The van der Waals surface area contributed by atoms with E-state index in [0.29, 0.717) is 4.91 Å². The molecule has 1 atom stereocenters. The average molecular weight is 199 g/mol. The molecule has 13 heavy (non-hydrogen) atoms. The fraction of sp³-hybridized carbons (Fsp3) is 0.750. The van der Waals surface area contributed by atoms with Crippen molar-refractivity contribution < 1.29 is 8.42 Å². The van der Waals surface area contributed by atoms with Gasteiger partial charge in [-0.2, -0.15) is 0 Å². The van der Waals surface area contributed by atoms with Crippen molar-refractivity contribution in [3.05, 3.63) is 10.5 Å². The molecule has 1 rings (SSSR count). The van der Waals surface area contributed by atoms with Crippen molar-refractivity contribution in [1.82, 2.24) is 4.22 Å². The Hall–Kier alpha value is -0.285. The van der Waals surface area contributed by atoms with E-state index in [1.807, 2.05) is 20.8 Å². The van der Waals surface area contributed by atoms with Crippen LogP contribution in [0.4, 0.5) is 0 Å². The van der Waals surface area contributed by atoms with Gasteiger partial charge in [-0.3, -0.25) is 0 Å². The minimum Gasteiger partial charge on any atom is -0.246 e. The Morgan fingerprint density at radius 3 is 2.08 bits per heavy atom. The van der Waals surface area contributed by atoms with Crippen molar-refractivity contribution >= 4 is 18.0 Å². The minimum absolute atomic E-state index is 0.000926. The molecule has 1 aliphatic rings. The summed E-state index contributed by atoms with van der Waals surface area (Å²) in [6, 6.07) is -0.206. The van der Waals surface area contributed by atoms with Crippen molar-refractivity contribution in [2.75, 3.05) is 0 Å². The Labute approximate surface area is 81.3 Å². The quantitative estimate of drug-likeness (QED) is 0.591. The van der Waals surface area contributed by atoms with E-state index < -0.39 is 10.0 Å². The Bertz CT molecular complexity index is 345. The van der Waals surface area contributed by atoms with E-state index in [4.69, 9.17) is 7.98 Å². The first-order chi connectivity index (χ1) is 5.80. The van der Waals surface area contributed by atoms with Crippen LogP contribution >= 0.6 is 0 Å². The van der Waals surface area contributed by atoms with Gasteiger partial charge in [0.05, 0.1) is 4.91 Å². The Morgan fingerprint density at radius 1 is 1.46 bits per heavy atom. The molecule has 1 aliphatic heterocycles. The monoisotopic (exact) mass is 199 g/mol. The lowest BCUT2D eigenvalue weighted by Crippen LogP contribution is -2.30. The number of hydrogen-bond acceptors (Lipinski definition) is 2. The third kappa shape index (κ3) is 1.44. The summed E-state index contributed by atoms with van der Waals surface area (Å²) < 4.78 is 24.3. The fourth-order valence-corrected chi connectivity index (χ4v) is 3.65. The average Bonchev–Trinajstić information content (AvgIpc) is 2.12. The molecule has 0 aromatic rings. The maximum atomic E-state index is 11.7. The van der Waals surface area contributed by atoms with Gasteiger partial charge in [-0.05, 0) is 25.3 Å². The highest BCUT2D eigenvalue weighted by Gasteiger charge is 2.38. The molecule has 72 valence electrons. The largest absolute Gasteiger partial charge is 0.246 e. The van der Waals surface area contributed by atoms with Crippen molar-refractivity contribution in [1.29, 1.82) is 0 Å². The zero-order valence-corrected chi connectivity index (χ0v) is 9.22. The van der Waals surface area contributed by atoms with Gasteiger partial charge in [0, 0.05) is 6.04 Å². The highest BCUT2D eigenvalue weighted by atomic mass is 32.2. The topological polar surface area (TPSA) is 37.4 Å². The molecule has 0 aliphatic carbocycles. The molecular weight excluding hydrogens is 185 g/mol. The first-order valence-corrected chi connectivity index (χ1v) is 5.74. The van der Waals surface area contributed by atoms with Crippen LogP contribution in [-0.4, -0.2) is 26.7 Å². The highest BCUT2D eigenvalue weighted by molar-refractivity contribution is 7.94. The van der Waals surface area contributed by atoms with E-state index in [1.54, 1.807) is 6.92 Å². The second-order valence-corrected chi connectivity index (χ2v) is 5.52. The highest BCUT2D eigenvalue weighted by Crippen LogP contribution is 2.34. The van der Waals surface area contributed by atoms with Crippen LogP contribution in [0.3, 0.4) is 0 Å². The molecule has 0 aromatic carbocycles. The number of nitrogens with zero attached hydrogens (tertiary/aromatic N) is 1. The number of hydrogen-bond donors (Lipinski definition) is 0. The maximum absolute atomic E-state index is 11.7. The smallest absolute Gasteiger partial charge is 0.228 e. The van der Waals surface area contributed by atoms with Crippen LogP contribution in [-0.2, 0) is 10.0 Å². The Balaban J connectivity index is 3.32. The predicted molar refractivity (Wildman–Crippen MR) is 53.5 cm³/mol. The van der Waals surface area contributed by atoms with Crippen LogP contribution < -0.4 is 0 Å². The van der Waals surface area contributed by atoms with E-state index in [9.17, 15) is 8.42 Å².